The zero-order chi connectivity index (χ0) is 10.6. The number of rotatable bonds is 1. The second-order valence-corrected chi connectivity index (χ2v) is 4.58. The SMILES string of the molecule is O=C1C[C@H]2[C@H](C(=O)[O-])[C@@H]3CC[C@]2(CO1)O3. The highest BCUT2D eigenvalue weighted by atomic mass is 16.6. The summed E-state index contributed by atoms with van der Waals surface area (Å²) in [5.74, 6) is -2.30. The predicted octanol–water partition coefficient (Wildman–Crippen LogP) is -1.15. The van der Waals surface area contributed by atoms with E-state index in [0.29, 0.717) is 0 Å². The van der Waals surface area contributed by atoms with Crippen LogP contribution in [-0.2, 0) is 19.1 Å². The standard InChI is InChI=1S/C10H12O5/c11-7-3-5-8(9(12)13)6-1-2-10(5,15-6)4-14-7/h5-6,8H,1-4H2,(H,12,13)/p-1/t5-,6-,8-,10+/m0/s1. The van der Waals surface area contributed by atoms with E-state index in [1.165, 1.54) is 0 Å². The fourth-order valence-corrected chi connectivity index (χ4v) is 3.20. The van der Waals surface area contributed by atoms with Crippen molar-refractivity contribution in [3.63, 3.8) is 0 Å². The Bertz CT molecular complexity index is 339. The number of hydrogen-bond acceptors (Lipinski definition) is 5. The van der Waals surface area contributed by atoms with Gasteiger partial charge >= 0.3 is 5.97 Å². The van der Waals surface area contributed by atoms with Gasteiger partial charge in [0.1, 0.15) is 12.2 Å². The normalized spacial score (nSPS) is 47.5. The van der Waals surface area contributed by atoms with Crippen LogP contribution in [0.3, 0.4) is 0 Å². The molecule has 0 unspecified atom stereocenters. The molecule has 0 aromatic rings. The monoisotopic (exact) mass is 211 g/mol. The molecule has 82 valence electrons. The number of aliphatic carboxylic acids is 1. The van der Waals surface area contributed by atoms with Gasteiger partial charge in [0.2, 0.25) is 0 Å². The topological polar surface area (TPSA) is 75.7 Å². The van der Waals surface area contributed by atoms with Crippen molar-refractivity contribution < 1.29 is 24.2 Å². The molecule has 3 aliphatic rings. The van der Waals surface area contributed by atoms with E-state index in [1.54, 1.807) is 0 Å². The smallest absolute Gasteiger partial charge is 0.306 e. The summed E-state index contributed by atoms with van der Waals surface area (Å²) in [7, 11) is 0. The molecule has 3 rings (SSSR count). The summed E-state index contributed by atoms with van der Waals surface area (Å²) in [6, 6.07) is 0. The number of cyclic esters (lactones) is 1. The molecule has 3 aliphatic heterocycles. The van der Waals surface area contributed by atoms with Crippen molar-refractivity contribution in [1.82, 2.24) is 0 Å². The minimum atomic E-state index is -1.10. The maximum absolute atomic E-state index is 11.2. The van der Waals surface area contributed by atoms with Gasteiger partial charge in [-0.05, 0) is 12.8 Å². The number of esters is 1. The van der Waals surface area contributed by atoms with Gasteiger partial charge in [-0.2, -0.15) is 0 Å². The summed E-state index contributed by atoms with van der Waals surface area (Å²) in [4.78, 5) is 22.2. The molecular weight excluding hydrogens is 200 g/mol. The molecule has 0 radical (unpaired) electrons. The van der Waals surface area contributed by atoms with Gasteiger partial charge in [0.25, 0.3) is 0 Å². The summed E-state index contributed by atoms with van der Waals surface area (Å²) in [5, 5.41) is 11.0. The third kappa shape index (κ3) is 1.07. The maximum Gasteiger partial charge on any atom is 0.306 e. The van der Waals surface area contributed by atoms with Crippen LogP contribution < -0.4 is 5.11 Å². The maximum atomic E-state index is 11.2. The first-order valence-electron chi connectivity index (χ1n) is 5.17. The van der Waals surface area contributed by atoms with Crippen molar-refractivity contribution in [2.45, 2.75) is 31.0 Å². The molecule has 0 saturated carbocycles. The number of ether oxygens (including phenoxy) is 2. The number of hydrogen-bond donors (Lipinski definition) is 0. The quantitative estimate of drug-likeness (QED) is 0.512. The Kier molecular flexibility index (Phi) is 1.66. The van der Waals surface area contributed by atoms with Crippen molar-refractivity contribution in [2.75, 3.05) is 6.61 Å². The van der Waals surface area contributed by atoms with Gasteiger partial charge in [0.15, 0.2) is 0 Å². The highest BCUT2D eigenvalue weighted by molar-refractivity contribution is 5.75. The number of carbonyl (C=O) groups excluding carboxylic acids is 2. The summed E-state index contributed by atoms with van der Waals surface area (Å²) in [6.45, 7) is 0.205. The molecule has 3 saturated heterocycles. The number of carboxylic acid groups (broad SMARTS) is 1. The average Bonchev–Trinajstić information content (AvgIpc) is 2.70. The Morgan fingerprint density at radius 3 is 3.07 bits per heavy atom. The lowest BCUT2D eigenvalue weighted by Crippen LogP contribution is -2.51. The number of carbonyl (C=O) groups is 2. The Morgan fingerprint density at radius 1 is 1.53 bits per heavy atom. The van der Waals surface area contributed by atoms with Gasteiger partial charge < -0.3 is 19.4 Å². The molecular formula is C10H11O5-. The van der Waals surface area contributed by atoms with Crippen LogP contribution in [0.5, 0.6) is 0 Å². The molecule has 5 nitrogen and oxygen atoms in total. The average molecular weight is 211 g/mol. The number of carboxylic acids is 1. The minimum Gasteiger partial charge on any atom is -0.550 e. The highest BCUT2D eigenvalue weighted by Crippen LogP contribution is 2.54. The molecule has 3 fully saturated rings. The molecule has 1 spiro atoms. The van der Waals surface area contributed by atoms with Crippen molar-refractivity contribution in [3.8, 4) is 0 Å². The van der Waals surface area contributed by atoms with E-state index in [9.17, 15) is 14.7 Å². The molecule has 3 heterocycles. The van der Waals surface area contributed by atoms with Crippen LogP contribution in [0, 0.1) is 11.8 Å². The Hall–Kier alpha value is -1.10. The zero-order valence-corrected chi connectivity index (χ0v) is 8.10. The molecule has 15 heavy (non-hydrogen) atoms. The zero-order valence-electron chi connectivity index (χ0n) is 8.10. The van der Waals surface area contributed by atoms with Crippen LogP contribution in [0.15, 0.2) is 0 Å². The van der Waals surface area contributed by atoms with Crippen molar-refractivity contribution >= 4 is 11.9 Å². The van der Waals surface area contributed by atoms with Gasteiger partial charge in [-0.25, -0.2) is 0 Å². The van der Waals surface area contributed by atoms with Crippen LogP contribution in [0.4, 0.5) is 0 Å². The van der Waals surface area contributed by atoms with E-state index >= 15 is 0 Å². The van der Waals surface area contributed by atoms with Crippen molar-refractivity contribution in [2.24, 2.45) is 11.8 Å². The summed E-state index contributed by atoms with van der Waals surface area (Å²) < 4.78 is 10.7. The second kappa shape index (κ2) is 2.72. The second-order valence-electron chi connectivity index (χ2n) is 4.58. The Balaban J connectivity index is 1.95. The van der Waals surface area contributed by atoms with E-state index in [1.807, 2.05) is 0 Å². The molecule has 4 atom stereocenters. The Labute approximate surface area is 86.4 Å². The van der Waals surface area contributed by atoms with E-state index in [2.05, 4.69) is 0 Å². The molecule has 0 amide bonds. The number of fused-ring (bicyclic) bond motifs is 1. The van der Waals surface area contributed by atoms with Gasteiger partial charge in [0.05, 0.1) is 12.5 Å². The fourth-order valence-electron chi connectivity index (χ4n) is 3.20. The third-order valence-corrected chi connectivity index (χ3v) is 3.88. The first kappa shape index (κ1) is 9.15. The highest BCUT2D eigenvalue weighted by Gasteiger charge is 2.62. The third-order valence-electron chi connectivity index (χ3n) is 3.88. The first-order valence-corrected chi connectivity index (χ1v) is 5.17. The lowest BCUT2D eigenvalue weighted by atomic mass is 9.69. The van der Waals surface area contributed by atoms with Crippen molar-refractivity contribution in [1.29, 1.82) is 0 Å². The van der Waals surface area contributed by atoms with Gasteiger partial charge in [-0.1, -0.05) is 0 Å². The van der Waals surface area contributed by atoms with Gasteiger partial charge in [-0.15, -0.1) is 0 Å². The molecule has 5 heteroatoms. The molecule has 0 aromatic heterocycles. The molecule has 2 bridgehead atoms. The van der Waals surface area contributed by atoms with E-state index in [4.69, 9.17) is 9.47 Å². The van der Waals surface area contributed by atoms with Crippen LogP contribution in [0.2, 0.25) is 0 Å². The van der Waals surface area contributed by atoms with E-state index < -0.39 is 17.5 Å². The first-order chi connectivity index (χ1) is 7.12. The summed E-state index contributed by atoms with van der Waals surface area (Å²) >= 11 is 0. The lowest BCUT2D eigenvalue weighted by molar-refractivity contribution is -0.314. The van der Waals surface area contributed by atoms with Crippen LogP contribution >= 0.6 is 0 Å². The van der Waals surface area contributed by atoms with E-state index in [-0.39, 0.29) is 31.0 Å². The van der Waals surface area contributed by atoms with Crippen LogP contribution in [0.25, 0.3) is 0 Å². The van der Waals surface area contributed by atoms with Crippen molar-refractivity contribution in [3.05, 3.63) is 0 Å². The molecule has 0 aromatic carbocycles. The van der Waals surface area contributed by atoms with Crippen LogP contribution in [0.1, 0.15) is 19.3 Å². The Morgan fingerprint density at radius 2 is 2.33 bits per heavy atom. The van der Waals surface area contributed by atoms with E-state index in [0.717, 1.165) is 12.8 Å². The van der Waals surface area contributed by atoms with Gasteiger partial charge in [0, 0.05) is 17.8 Å². The largest absolute Gasteiger partial charge is 0.550 e. The predicted molar refractivity (Wildman–Crippen MR) is 44.4 cm³/mol. The fraction of sp³-hybridized carbons (Fsp3) is 0.800. The van der Waals surface area contributed by atoms with Crippen LogP contribution in [-0.4, -0.2) is 30.3 Å². The molecule has 0 aliphatic carbocycles. The minimum absolute atomic E-state index is 0.148. The summed E-state index contributed by atoms with van der Waals surface area (Å²) in [6.07, 6.45) is 1.39. The summed E-state index contributed by atoms with van der Waals surface area (Å²) in [5.41, 5.74) is -0.524. The lowest BCUT2D eigenvalue weighted by Gasteiger charge is -2.39. The molecule has 0 N–H and O–H groups in total. The van der Waals surface area contributed by atoms with Gasteiger partial charge in [-0.3, -0.25) is 4.79 Å².